The summed E-state index contributed by atoms with van der Waals surface area (Å²) in [5.41, 5.74) is 1.23. The van der Waals surface area contributed by atoms with Crippen molar-refractivity contribution >= 4 is 39.3 Å². The van der Waals surface area contributed by atoms with E-state index in [1.165, 1.54) is 22.2 Å². The van der Waals surface area contributed by atoms with E-state index in [1.807, 2.05) is 19.0 Å². The number of aromatic nitrogens is 5. The normalized spacial score (nSPS) is 13.6. The third-order valence-corrected chi connectivity index (χ3v) is 6.72. The average Bonchev–Trinajstić information content (AvgIpc) is 3.19. The molecule has 7 nitrogen and oxygen atoms in total. The van der Waals surface area contributed by atoms with Crippen LogP contribution in [0.2, 0.25) is 0 Å². The molecule has 0 amide bonds. The Kier molecular flexibility index (Phi) is 4.67. The maximum absolute atomic E-state index is 13.0. The van der Waals surface area contributed by atoms with Gasteiger partial charge in [0.25, 0.3) is 5.56 Å². The van der Waals surface area contributed by atoms with E-state index in [-0.39, 0.29) is 11.5 Å². The van der Waals surface area contributed by atoms with Crippen LogP contribution in [0, 0.1) is 0 Å². The second-order valence-electron chi connectivity index (χ2n) is 7.22. The van der Waals surface area contributed by atoms with Gasteiger partial charge in [0, 0.05) is 31.9 Å². The van der Waals surface area contributed by atoms with Gasteiger partial charge in [-0.25, -0.2) is 9.97 Å². The van der Waals surface area contributed by atoms with Crippen LogP contribution in [0.1, 0.15) is 42.5 Å². The number of hydrogen-bond acceptors (Lipinski definition) is 8. The number of hydrogen-bond donors (Lipinski definition) is 0. The van der Waals surface area contributed by atoms with Crippen LogP contribution in [-0.4, -0.2) is 38.6 Å². The highest BCUT2D eigenvalue weighted by molar-refractivity contribution is 7.99. The van der Waals surface area contributed by atoms with E-state index in [0.29, 0.717) is 16.3 Å². The van der Waals surface area contributed by atoms with Gasteiger partial charge in [-0.3, -0.25) is 9.36 Å². The van der Waals surface area contributed by atoms with E-state index in [9.17, 15) is 4.79 Å². The molecule has 3 aromatic rings. The van der Waals surface area contributed by atoms with Gasteiger partial charge in [-0.15, -0.1) is 11.3 Å². The molecule has 4 rings (SSSR count). The lowest BCUT2D eigenvalue weighted by molar-refractivity contribution is 0.703. The summed E-state index contributed by atoms with van der Waals surface area (Å²) in [7, 11) is 5.58. The zero-order valence-corrected chi connectivity index (χ0v) is 17.7. The van der Waals surface area contributed by atoms with Gasteiger partial charge >= 0.3 is 0 Å². The molecule has 0 fully saturated rings. The third-order valence-electron chi connectivity index (χ3n) is 4.62. The number of nitrogens with zero attached hydrogens (tertiary/aromatic N) is 6. The Balaban J connectivity index is 1.80. The first-order valence-corrected chi connectivity index (χ1v) is 10.6. The zero-order chi connectivity index (χ0) is 19.3. The molecule has 0 bridgehead atoms. The number of rotatable bonds is 4. The third kappa shape index (κ3) is 3.23. The van der Waals surface area contributed by atoms with Crippen LogP contribution < -0.4 is 10.5 Å². The highest BCUT2D eigenvalue weighted by atomic mass is 32.2. The van der Waals surface area contributed by atoms with Crippen molar-refractivity contribution in [3.8, 4) is 0 Å². The number of fused-ring (bicyclic) bond motifs is 3. The number of thiophene rings is 1. The van der Waals surface area contributed by atoms with Crippen molar-refractivity contribution in [1.82, 2.24) is 24.5 Å². The highest BCUT2D eigenvalue weighted by Crippen LogP contribution is 2.36. The summed E-state index contributed by atoms with van der Waals surface area (Å²) in [5.74, 6) is 1.53. The van der Waals surface area contributed by atoms with Crippen molar-refractivity contribution in [2.24, 2.45) is 7.05 Å². The van der Waals surface area contributed by atoms with Gasteiger partial charge in [0.05, 0.1) is 5.39 Å². The van der Waals surface area contributed by atoms with E-state index in [2.05, 4.69) is 28.8 Å². The second-order valence-corrected chi connectivity index (χ2v) is 9.24. The molecule has 1 aliphatic carbocycles. The molecule has 0 radical (unpaired) electrons. The summed E-state index contributed by atoms with van der Waals surface area (Å²) in [5, 5.41) is 1.97. The summed E-state index contributed by atoms with van der Waals surface area (Å²) < 4.78 is 1.62. The molecule has 3 heterocycles. The van der Waals surface area contributed by atoms with E-state index in [4.69, 9.17) is 4.98 Å². The maximum Gasteiger partial charge on any atom is 0.262 e. The first-order chi connectivity index (χ1) is 12.8. The largest absolute Gasteiger partial charge is 0.347 e. The van der Waals surface area contributed by atoms with Gasteiger partial charge in [0.15, 0.2) is 5.16 Å². The van der Waals surface area contributed by atoms with E-state index in [1.54, 1.807) is 23.0 Å². The standard InChI is InChI=1S/C18H22N6OS2/c1-9(2)13-19-16(23(3)4)22-17(20-13)27-18-21-14-12(15(25)24(18)5)10-7-6-8-11(10)26-14/h9H,6-8H2,1-5H3. The molecule has 0 atom stereocenters. The van der Waals surface area contributed by atoms with Gasteiger partial charge in [-0.1, -0.05) is 13.8 Å². The fraction of sp³-hybridized carbons (Fsp3) is 0.500. The molecule has 0 unspecified atom stereocenters. The Morgan fingerprint density at radius 2 is 1.93 bits per heavy atom. The van der Waals surface area contributed by atoms with Gasteiger partial charge in [0.2, 0.25) is 11.1 Å². The lowest BCUT2D eigenvalue weighted by Crippen LogP contribution is -2.20. The second kappa shape index (κ2) is 6.87. The summed E-state index contributed by atoms with van der Waals surface area (Å²) in [6.45, 7) is 4.10. The SMILES string of the molecule is CC(C)c1nc(Sc2nc3sc4c(c3c(=O)n2C)CCC4)nc(N(C)C)n1. The van der Waals surface area contributed by atoms with E-state index < -0.39 is 0 Å². The van der Waals surface area contributed by atoms with Crippen LogP contribution in [-0.2, 0) is 19.9 Å². The van der Waals surface area contributed by atoms with Crippen LogP contribution in [0.3, 0.4) is 0 Å². The minimum atomic E-state index is 0.0212. The van der Waals surface area contributed by atoms with Gasteiger partial charge < -0.3 is 4.90 Å². The van der Waals surface area contributed by atoms with E-state index in [0.717, 1.165) is 35.3 Å². The Hall–Kier alpha value is -2.00. The molecule has 3 aromatic heterocycles. The summed E-state index contributed by atoms with van der Waals surface area (Å²) in [6, 6.07) is 0. The molecule has 0 saturated heterocycles. The molecular weight excluding hydrogens is 380 g/mol. The van der Waals surface area contributed by atoms with Crippen molar-refractivity contribution in [2.75, 3.05) is 19.0 Å². The summed E-state index contributed by atoms with van der Waals surface area (Å²) >= 11 is 2.97. The molecule has 1 aliphatic rings. The van der Waals surface area contributed by atoms with Gasteiger partial charge in [-0.05, 0) is 36.6 Å². The van der Waals surface area contributed by atoms with Crippen LogP contribution in [0.5, 0.6) is 0 Å². The van der Waals surface area contributed by atoms with E-state index >= 15 is 0 Å². The predicted molar refractivity (Wildman–Crippen MR) is 109 cm³/mol. The lowest BCUT2D eigenvalue weighted by Gasteiger charge is -2.14. The number of aryl methyl sites for hydroxylation is 2. The molecule has 142 valence electrons. The predicted octanol–water partition coefficient (Wildman–Crippen LogP) is 3.01. The van der Waals surface area contributed by atoms with Crippen molar-refractivity contribution in [2.45, 2.75) is 49.3 Å². The fourth-order valence-electron chi connectivity index (χ4n) is 3.14. The average molecular weight is 403 g/mol. The highest BCUT2D eigenvalue weighted by Gasteiger charge is 2.23. The Labute approximate surface area is 165 Å². The monoisotopic (exact) mass is 402 g/mol. The van der Waals surface area contributed by atoms with Crippen molar-refractivity contribution in [3.05, 3.63) is 26.6 Å². The van der Waals surface area contributed by atoms with Crippen molar-refractivity contribution < 1.29 is 0 Å². The Bertz CT molecular complexity index is 1060. The van der Waals surface area contributed by atoms with Crippen molar-refractivity contribution in [1.29, 1.82) is 0 Å². The first-order valence-electron chi connectivity index (χ1n) is 8.97. The number of anilines is 1. The van der Waals surface area contributed by atoms with Gasteiger partial charge in [-0.2, -0.15) is 9.97 Å². The molecule has 0 aromatic carbocycles. The molecule has 0 spiro atoms. The first kappa shape index (κ1) is 18.4. The zero-order valence-electron chi connectivity index (χ0n) is 16.1. The molecule has 27 heavy (non-hydrogen) atoms. The van der Waals surface area contributed by atoms with Crippen LogP contribution in [0.25, 0.3) is 10.2 Å². The van der Waals surface area contributed by atoms with Crippen LogP contribution in [0.15, 0.2) is 15.1 Å². The lowest BCUT2D eigenvalue weighted by atomic mass is 10.2. The molecular formula is C18H22N6OS2. The van der Waals surface area contributed by atoms with Crippen LogP contribution in [0.4, 0.5) is 5.95 Å². The Morgan fingerprint density at radius 1 is 1.15 bits per heavy atom. The topological polar surface area (TPSA) is 76.8 Å². The fourth-order valence-corrected chi connectivity index (χ4v) is 5.24. The molecule has 0 saturated carbocycles. The Morgan fingerprint density at radius 3 is 2.63 bits per heavy atom. The van der Waals surface area contributed by atoms with Crippen LogP contribution >= 0.6 is 23.1 Å². The van der Waals surface area contributed by atoms with Crippen molar-refractivity contribution in [3.63, 3.8) is 0 Å². The summed E-state index contributed by atoms with van der Waals surface area (Å²) in [4.78, 5) is 35.3. The molecule has 9 heteroatoms. The molecule has 0 N–H and O–H groups in total. The quantitative estimate of drug-likeness (QED) is 0.621. The minimum absolute atomic E-state index is 0.0212. The smallest absolute Gasteiger partial charge is 0.262 e. The summed E-state index contributed by atoms with van der Waals surface area (Å²) in [6.07, 6.45) is 3.17. The molecule has 0 aliphatic heterocycles. The maximum atomic E-state index is 13.0. The van der Waals surface area contributed by atoms with Gasteiger partial charge in [0.1, 0.15) is 10.7 Å². The minimum Gasteiger partial charge on any atom is -0.347 e.